The molecule has 0 atom stereocenters. The third-order valence-electron chi connectivity index (χ3n) is 2.09. The van der Waals surface area contributed by atoms with Crippen LogP contribution in [0, 0.1) is 11.3 Å². The smallest absolute Gasteiger partial charge is 0.270 e. The number of aliphatic hydroxyl groups is 1. The second-order valence-corrected chi connectivity index (χ2v) is 4.34. The second-order valence-electron chi connectivity index (χ2n) is 3.26. The van der Waals surface area contributed by atoms with Gasteiger partial charge in [-0.05, 0) is 12.1 Å². The lowest BCUT2D eigenvalue weighted by atomic mass is 10.2. The van der Waals surface area contributed by atoms with Gasteiger partial charge in [-0.1, -0.05) is 11.8 Å². The molecular formula is C11H9N3O3S. The zero-order valence-electron chi connectivity index (χ0n) is 9.21. The summed E-state index contributed by atoms with van der Waals surface area (Å²) in [6.45, 7) is -0.0233. The maximum Gasteiger partial charge on any atom is 0.270 e. The van der Waals surface area contributed by atoms with Crippen LogP contribution in [0.1, 0.15) is 5.56 Å². The van der Waals surface area contributed by atoms with Gasteiger partial charge in [-0.2, -0.15) is 5.26 Å². The molecule has 0 saturated heterocycles. The molecule has 0 spiro atoms. The van der Waals surface area contributed by atoms with Crippen LogP contribution in [0.2, 0.25) is 0 Å². The van der Waals surface area contributed by atoms with Gasteiger partial charge in [0.2, 0.25) is 0 Å². The number of H-pyrrole nitrogens is 1. The van der Waals surface area contributed by atoms with Gasteiger partial charge in [0.25, 0.3) is 5.56 Å². The summed E-state index contributed by atoms with van der Waals surface area (Å²) in [5, 5.41) is 18.1. The summed E-state index contributed by atoms with van der Waals surface area (Å²) in [6, 6.07) is 5.09. The fourth-order valence-corrected chi connectivity index (χ4v) is 1.96. The third-order valence-corrected chi connectivity index (χ3v) is 2.95. The van der Waals surface area contributed by atoms with Crippen molar-refractivity contribution in [1.29, 1.82) is 5.26 Å². The third kappa shape index (κ3) is 2.45. The van der Waals surface area contributed by atoms with Gasteiger partial charge >= 0.3 is 0 Å². The van der Waals surface area contributed by atoms with Crippen LogP contribution in [0.15, 0.2) is 32.8 Å². The normalized spacial score (nSPS) is 10.2. The number of rotatable bonds is 4. The van der Waals surface area contributed by atoms with Crippen LogP contribution in [-0.2, 0) is 0 Å². The van der Waals surface area contributed by atoms with Crippen molar-refractivity contribution in [3.63, 3.8) is 0 Å². The molecule has 92 valence electrons. The minimum Gasteiger partial charge on any atom is -0.463 e. The summed E-state index contributed by atoms with van der Waals surface area (Å²) in [7, 11) is 0. The molecule has 0 aliphatic carbocycles. The number of thioether (sulfide) groups is 1. The minimum absolute atomic E-state index is 0.0233. The summed E-state index contributed by atoms with van der Waals surface area (Å²) < 4.78 is 5.15. The number of hydrogen-bond donors (Lipinski definition) is 2. The first-order valence-electron chi connectivity index (χ1n) is 5.08. The molecule has 2 aromatic heterocycles. The van der Waals surface area contributed by atoms with Gasteiger partial charge in [0.05, 0.1) is 12.9 Å². The van der Waals surface area contributed by atoms with Crippen molar-refractivity contribution in [2.45, 2.75) is 5.16 Å². The number of aliphatic hydroxyl groups excluding tert-OH is 1. The Balaban J connectivity index is 2.52. The highest BCUT2D eigenvalue weighted by molar-refractivity contribution is 7.99. The topological polar surface area (TPSA) is 103 Å². The van der Waals surface area contributed by atoms with E-state index in [1.165, 1.54) is 18.0 Å². The van der Waals surface area contributed by atoms with E-state index >= 15 is 0 Å². The molecule has 0 unspecified atom stereocenters. The number of nitrogens with one attached hydrogen (secondary N) is 1. The number of nitrogens with zero attached hydrogens (tertiary/aromatic N) is 2. The molecule has 18 heavy (non-hydrogen) atoms. The number of nitriles is 1. The van der Waals surface area contributed by atoms with Gasteiger partial charge in [0.15, 0.2) is 10.9 Å². The fraction of sp³-hybridized carbons (Fsp3) is 0.182. The lowest BCUT2D eigenvalue weighted by Crippen LogP contribution is -2.14. The highest BCUT2D eigenvalue weighted by Gasteiger charge is 2.15. The Kier molecular flexibility index (Phi) is 3.82. The van der Waals surface area contributed by atoms with Crippen LogP contribution in [-0.4, -0.2) is 27.4 Å². The molecule has 0 radical (unpaired) electrons. The monoisotopic (exact) mass is 263 g/mol. The van der Waals surface area contributed by atoms with E-state index < -0.39 is 5.56 Å². The summed E-state index contributed by atoms with van der Waals surface area (Å²) in [5.41, 5.74) is -0.385. The Bertz CT molecular complexity index is 628. The van der Waals surface area contributed by atoms with Gasteiger partial charge < -0.3 is 14.5 Å². The molecule has 0 aliphatic rings. The van der Waals surface area contributed by atoms with Gasteiger partial charge in [-0.25, -0.2) is 4.98 Å². The van der Waals surface area contributed by atoms with Crippen LogP contribution in [0.25, 0.3) is 11.5 Å². The predicted octanol–water partition coefficient (Wildman–Crippen LogP) is 0.986. The predicted molar refractivity (Wildman–Crippen MR) is 65.1 cm³/mol. The van der Waals surface area contributed by atoms with Crippen LogP contribution in [0.5, 0.6) is 0 Å². The van der Waals surface area contributed by atoms with E-state index in [0.29, 0.717) is 16.7 Å². The maximum absolute atomic E-state index is 11.7. The largest absolute Gasteiger partial charge is 0.463 e. The molecule has 0 aliphatic heterocycles. The Morgan fingerprint density at radius 1 is 1.61 bits per heavy atom. The van der Waals surface area contributed by atoms with Crippen LogP contribution in [0.4, 0.5) is 0 Å². The van der Waals surface area contributed by atoms with Gasteiger partial charge in [0, 0.05) is 5.75 Å². The molecule has 0 amide bonds. The van der Waals surface area contributed by atoms with E-state index in [-0.39, 0.29) is 17.9 Å². The van der Waals surface area contributed by atoms with Crippen molar-refractivity contribution in [3.05, 3.63) is 34.3 Å². The SMILES string of the molecule is N#Cc1c(-c2ccco2)nc(SCCO)[nH]c1=O. The molecule has 0 aromatic carbocycles. The van der Waals surface area contributed by atoms with Crippen molar-refractivity contribution in [2.75, 3.05) is 12.4 Å². The molecule has 2 aromatic rings. The summed E-state index contributed by atoms with van der Waals surface area (Å²) >= 11 is 1.20. The first-order valence-corrected chi connectivity index (χ1v) is 6.06. The van der Waals surface area contributed by atoms with Crippen molar-refractivity contribution in [2.24, 2.45) is 0 Å². The average molecular weight is 263 g/mol. The van der Waals surface area contributed by atoms with Gasteiger partial charge in [-0.15, -0.1) is 0 Å². The Morgan fingerprint density at radius 3 is 3.06 bits per heavy atom. The van der Waals surface area contributed by atoms with Gasteiger partial charge in [-0.3, -0.25) is 4.79 Å². The van der Waals surface area contributed by atoms with E-state index in [1.807, 2.05) is 6.07 Å². The van der Waals surface area contributed by atoms with E-state index in [1.54, 1.807) is 12.1 Å². The zero-order valence-corrected chi connectivity index (χ0v) is 10.0. The first-order chi connectivity index (χ1) is 8.76. The Morgan fingerprint density at radius 2 is 2.44 bits per heavy atom. The lowest BCUT2D eigenvalue weighted by molar-refractivity contribution is 0.322. The van der Waals surface area contributed by atoms with E-state index in [0.717, 1.165) is 0 Å². The van der Waals surface area contributed by atoms with Crippen molar-refractivity contribution in [1.82, 2.24) is 9.97 Å². The zero-order chi connectivity index (χ0) is 13.0. The lowest BCUT2D eigenvalue weighted by Gasteiger charge is -2.03. The fourth-order valence-electron chi connectivity index (χ4n) is 1.36. The van der Waals surface area contributed by atoms with Crippen LogP contribution >= 0.6 is 11.8 Å². The Hall–Kier alpha value is -2.04. The van der Waals surface area contributed by atoms with Crippen molar-refractivity contribution in [3.8, 4) is 17.5 Å². The van der Waals surface area contributed by atoms with Crippen LogP contribution < -0.4 is 5.56 Å². The van der Waals surface area contributed by atoms with E-state index in [4.69, 9.17) is 14.8 Å². The van der Waals surface area contributed by atoms with Crippen molar-refractivity contribution < 1.29 is 9.52 Å². The molecule has 2 N–H and O–H groups in total. The second kappa shape index (κ2) is 5.53. The molecular weight excluding hydrogens is 254 g/mol. The highest BCUT2D eigenvalue weighted by atomic mass is 32.2. The molecule has 2 heterocycles. The molecule has 2 rings (SSSR count). The first kappa shape index (κ1) is 12.4. The van der Waals surface area contributed by atoms with E-state index in [9.17, 15) is 4.79 Å². The van der Waals surface area contributed by atoms with Crippen LogP contribution in [0.3, 0.4) is 0 Å². The number of hydrogen-bond acceptors (Lipinski definition) is 6. The van der Waals surface area contributed by atoms with Gasteiger partial charge in [0.1, 0.15) is 17.3 Å². The highest BCUT2D eigenvalue weighted by Crippen LogP contribution is 2.21. The molecule has 6 nitrogen and oxygen atoms in total. The van der Waals surface area contributed by atoms with Crippen molar-refractivity contribution >= 4 is 11.8 Å². The standard InChI is InChI=1S/C11H9N3O3S/c12-6-7-9(8-2-1-4-17-8)13-11(14-10(7)16)18-5-3-15/h1-2,4,15H,3,5H2,(H,13,14,16). The summed E-state index contributed by atoms with van der Waals surface area (Å²) in [4.78, 5) is 18.4. The average Bonchev–Trinajstić information content (AvgIpc) is 2.89. The summed E-state index contributed by atoms with van der Waals surface area (Å²) in [5.74, 6) is 0.774. The number of aromatic nitrogens is 2. The maximum atomic E-state index is 11.7. The number of aromatic amines is 1. The number of furan rings is 1. The molecule has 7 heteroatoms. The molecule has 0 saturated carbocycles. The van der Waals surface area contributed by atoms with E-state index in [2.05, 4.69) is 9.97 Å². The Labute approximate surface area is 106 Å². The minimum atomic E-state index is -0.515. The molecule has 0 fully saturated rings. The summed E-state index contributed by atoms with van der Waals surface area (Å²) in [6.07, 6.45) is 1.44. The quantitative estimate of drug-likeness (QED) is 0.629. The molecule has 0 bridgehead atoms.